The highest BCUT2D eigenvalue weighted by Crippen LogP contribution is 2.30. The summed E-state index contributed by atoms with van der Waals surface area (Å²) in [7, 11) is 0. The Morgan fingerprint density at radius 3 is 2.68 bits per heavy atom. The quantitative estimate of drug-likeness (QED) is 0.280. The van der Waals surface area contributed by atoms with Crippen molar-refractivity contribution in [3.63, 3.8) is 0 Å². The van der Waals surface area contributed by atoms with Crippen molar-refractivity contribution < 1.29 is 24.9 Å². The first kappa shape index (κ1) is 27.2. The molecule has 7 nitrogen and oxygen atoms in total. The number of thioether (sulfide) groups is 1. The van der Waals surface area contributed by atoms with E-state index >= 15 is 0 Å². The van der Waals surface area contributed by atoms with Gasteiger partial charge in [-0.25, -0.2) is 0 Å². The summed E-state index contributed by atoms with van der Waals surface area (Å²) in [6.07, 6.45) is 1.82. The number of amides is 1. The van der Waals surface area contributed by atoms with Gasteiger partial charge in [0, 0.05) is 6.54 Å². The Balaban J connectivity index is 1.61. The fraction of sp³-hybridized carbons (Fsp3) is 0.600. The average Bonchev–Trinajstić information content (AvgIpc) is 3.08. The summed E-state index contributed by atoms with van der Waals surface area (Å²) in [6, 6.07) is 9.04. The van der Waals surface area contributed by atoms with Gasteiger partial charge in [-0.3, -0.25) is 4.79 Å². The third-order valence-corrected chi connectivity index (χ3v) is 7.48. The van der Waals surface area contributed by atoms with Crippen LogP contribution >= 0.6 is 23.4 Å². The molecular weight excluding hydrogens is 476 g/mol. The standard InChI is InChI=1S/C25H35ClN2O5S/c1-15(26)19(23-21(30)20(29)22(31)25(33-23)34-2)28-24(32)18-12-11-17(13-14-27-18)10-6-9-16-7-4-3-5-8-16/h3-8,15,18-23,25,27,29-31H,9,11-14H2,1-2H3,(H,28,32)/t10?,15-,18-,19?,20?,21?,22?,23+,25?/m0/s1. The van der Waals surface area contributed by atoms with Crippen LogP contribution in [0.3, 0.4) is 0 Å². The number of ether oxygens (including phenoxy) is 1. The fourth-order valence-corrected chi connectivity index (χ4v) is 5.21. The summed E-state index contributed by atoms with van der Waals surface area (Å²) >= 11 is 7.59. The van der Waals surface area contributed by atoms with Gasteiger partial charge in [-0.1, -0.05) is 30.3 Å². The molecule has 0 aliphatic carbocycles. The van der Waals surface area contributed by atoms with E-state index in [0.29, 0.717) is 13.0 Å². The highest BCUT2D eigenvalue weighted by Gasteiger charge is 2.48. The lowest BCUT2D eigenvalue weighted by molar-refractivity contribution is -0.205. The number of aliphatic hydroxyl groups is 3. The molecule has 0 aromatic heterocycles. The first-order chi connectivity index (χ1) is 16.3. The number of benzene rings is 1. The van der Waals surface area contributed by atoms with Gasteiger partial charge in [-0.05, 0) is 56.1 Å². The zero-order valence-corrected chi connectivity index (χ0v) is 21.1. The number of carbonyl (C=O) groups excluding carboxylic acids is 1. The molecule has 1 amide bonds. The number of alkyl halides is 1. The third-order valence-electron chi connectivity index (χ3n) is 6.35. The van der Waals surface area contributed by atoms with E-state index in [4.69, 9.17) is 16.3 Å². The van der Waals surface area contributed by atoms with Gasteiger partial charge in [0.2, 0.25) is 5.91 Å². The van der Waals surface area contributed by atoms with Gasteiger partial charge in [-0.15, -0.1) is 29.1 Å². The van der Waals surface area contributed by atoms with Crippen molar-refractivity contribution in [2.75, 3.05) is 12.8 Å². The van der Waals surface area contributed by atoms with E-state index < -0.39 is 47.3 Å². The summed E-state index contributed by atoms with van der Waals surface area (Å²) in [4.78, 5) is 13.1. The fourth-order valence-electron chi connectivity index (χ4n) is 4.33. The van der Waals surface area contributed by atoms with Crippen LogP contribution in [0.15, 0.2) is 47.7 Å². The van der Waals surface area contributed by atoms with Crippen molar-refractivity contribution in [1.29, 1.82) is 0 Å². The molecular formula is C25H35ClN2O5S. The molecule has 3 rings (SSSR count). The Morgan fingerprint density at radius 2 is 2.00 bits per heavy atom. The minimum absolute atomic E-state index is 0.232. The molecule has 8 atom stereocenters. The molecule has 2 heterocycles. The second-order valence-corrected chi connectivity index (χ2v) is 10.5. The molecule has 9 heteroatoms. The monoisotopic (exact) mass is 510 g/mol. The Labute approximate surface area is 210 Å². The van der Waals surface area contributed by atoms with E-state index in [-0.39, 0.29) is 5.91 Å². The van der Waals surface area contributed by atoms with Gasteiger partial charge in [0.1, 0.15) is 29.9 Å². The predicted octanol–water partition coefficient (Wildman–Crippen LogP) is 1.74. The van der Waals surface area contributed by atoms with E-state index in [1.54, 1.807) is 13.2 Å². The summed E-state index contributed by atoms with van der Waals surface area (Å²) in [5, 5.41) is 36.5. The lowest BCUT2D eigenvalue weighted by Crippen LogP contribution is -2.65. The van der Waals surface area contributed by atoms with Crippen LogP contribution in [0.1, 0.15) is 31.7 Å². The van der Waals surface area contributed by atoms with Crippen molar-refractivity contribution in [2.24, 2.45) is 0 Å². The van der Waals surface area contributed by atoms with E-state index in [0.717, 1.165) is 19.3 Å². The average molecular weight is 511 g/mol. The van der Waals surface area contributed by atoms with E-state index in [9.17, 15) is 20.1 Å². The second-order valence-electron chi connectivity index (χ2n) is 8.83. The van der Waals surface area contributed by atoms with E-state index in [1.807, 2.05) is 24.3 Å². The number of halogens is 1. The highest BCUT2D eigenvalue weighted by molar-refractivity contribution is 7.99. The summed E-state index contributed by atoms with van der Waals surface area (Å²) in [5.74, 6) is -0.232. The van der Waals surface area contributed by atoms with Crippen LogP contribution in [0.5, 0.6) is 0 Å². The number of nitrogens with one attached hydrogen (secondary N) is 2. The van der Waals surface area contributed by atoms with Gasteiger partial charge in [0.25, 0.3) is 0 Å². The lowest BCUT2D eigenvalue weighted by atomic mass is 9.93. The van der Waals surface area contributed by atoms with Crippen molar-refractivity contribution in [3.8, 4) is 0 Å². The molecule has 0 radical (unpaired) electrons. The summed E-state index contributed by atoms with van der Waals surface area (Å²) < 4.78 is 5.83. The topological polar surface area (TPSA) is 111 Å². The van der Waals surface area contributed by atoms with Crippen molar-refractivity contribution in [1.82, 2.24) is 10.6 Å². The Morgan fingerprint density at radius 1 is 1.26 bits per heavy atom. The van der Waals surface area contributed by atoms with Crippen LogP contribution in [0, 0.1) is 0 Å². The van der Waals surface area contributed by atoms with Crippen molar-refractivity contribution in [3.05, 3.63) is 53.3 Å². The number of hydrogen-bond donors (Lipinski definition) is 5. The molecule has 2 aliphatic heterocycles. The van der Waals surface area contributed by atoms with E-state index in [1.165, 1.54) is 22.9 Å². The molecule has 5 N–H and O–H groups in total. The van der Waals surface area contributed by atoms with Crippen LogP contribution < -0.4 is 10.6 Å². The molecule has 2 fully saturated rings. The van der Waals surface area contributed by atoms with Crippen molar-refractivity contribution in [2.45, 2.75) is 79.9 Å². The minimum Gasteiger partial charge on any atom is -0.388 e. The van der Waals surface area contributed by atoms with Crippen LogP contribution in [0.4, 0.5) is 0 Å². The predicted molar refractivity (Wildman–Crippen MR) is 135 cm³/mol. The highest BCUT2D eigenvalue weighted by atomic mass is 35.5. The first-order valence-electron chi connectivity index (χ1n) is 11.7. The van der Waals surface area contributed by atoms with Crippen LogP contribution in [0.25, 0.3) is 0 Å². The molecule has 2 saturated heterocycles. The van der Waals surface area contributed by atoms with Gasteiger partial charge >= 0.3 is 0 Å². The zero-order valence-electron chi connectivity index (χ0n) is 19.6. The van der Waals surface area contributed by atoms with Gasteiger partial charge < -0.3 is 30.7 Å². The van der Waals surface area contributed by atoms with Gasteiger partial charge in [0.05, 0.1) is 17.5 Å². The lowest BCUT2D eigenvalue weighted by Gasteiger charge is -2.44. The SMILES string of the molecule is CSC1O[C@H](C(NC(=O)[C@@H]2CCC(=C=CCc3ccccc3)CCN2)[C@H](C)Cl)C(O)C(O)C1O. The maximum absolute atomic E-state index is 13.1. The number of rotatable bonds is 7. The van der Waals surface area contributed by atoms with Crippen LogP contribution in [0.2, 0.25) is 0 Å². The number of aliphatic hydroxyl groups excluding tert-OH is 3. The largest absolute Gasteiger partial charge is 0.388 e. The van der Waals surface area contributed by atoms with Crippen LogP contribution in [-0.4, -0.2) is 81.3 Å². The zero-order chi connectivity index (χ0) is 24.7. The molecule has 1 aromatic carbocycles. The molecule has 5 unspecified atom stereocenters. The molecule has 0 saturated carbocycles. The molecule has 0 bridgehead atoms. The maximum Gasteiger partial charge on any atom is 0.237 e. The molecule has 34 heavy (non-hydrogen) atoms. The second kappa shape index (κ2) is 13.1. The first-order valence-corrected chi connectivity index (χ1v) is 13.4. The Hall–Kier alpha value is -1.35. The number of hydrogen-bond acceptors (Lipinski definition) is 7. The smallest absolute Gasteiger partial charge is 0.237 e. The van der Waals surface area contributed by atoms with E-state index in [2.05, 4.69) is 28.5 Å². The third kappa shape index (κ3) is 7.09. The minimum atomic E-state index is -1.39. The summed E-state index contributed by atoms with van der Waals surface area (Å²) in [5.41, 5.74) is 5.07. The molecule has 2 aliphatic rings. The van der Waals surface area contributed by atoms with Gasteiger partial charge in [-0.2, -0.15) is 0 Å². The van der Waals surface area contributed by atoms with Gasteiger partial charge in [0.15, 0.2) is 0 Å². The molecule has 0 spiro atoms. The number of carbonyl (C=O) groups is 1. The van der Waals surface area contributed by atoms with Crippen LogP contribution in [-0.2, 0) is 16.0 Å². The summed E-state index contributed by atoms with van der Waals surface area (Å²) in [6.45, 7) is 2.36. The Bertz CT molecular complexity index is 862. The normalized spacial score (nSPS) is 31.6. The molecule has 188 valence electrons. The Kier molecular flexibility index (Phi) is 10.5. The van der Waals surface area contributed by atoms with Crippen molar-refractivity contribution >= 4 is 29.3 Å². The molecule has 1 aromatic rings. The maximum atomic E-state index is 13.1.